The molecule has 0 aliphatic heterocycles. The van der Waals surface area contributed by atoms with Crippen LogP contribution in [0.2, 0.25) is 5.15 Å². The number of hydrogen-bond donors (Lipinski definition) is 5. The molecule has 2 saturated carbocycles. The molecule has 0 unspecified atom stereocenters. The highest BCUT2D eigenvalue weighted by Crippen LogP contribution is 2.38. The van der Waals surface area contributed by atoms with Crippen LogP contribution in [0, 0.1) is 5.92 Å². The Morgan fingerprint density at radius 1 is 1.12 bits per heavy atom. The smallest absolute Gasteiger partial charge is 0.223 e. The van der Waals surface area contributed by atoms with Crippen LogP contribution in [0.25, 0.3) is 11.1 Å². The lowest BCUT2D eigenvalue weighted by molar-refractivity contribution is 0.00446. The van der Waals surface area contributed by atoms with Crippen molar-refractivity contribution in [3.8, 4) is 16.9 Å². The second kappa shape index (κ2) is 9.39. The molecule has 2 fully saturated rings. The topological polar surface area (TPSA) is 134 Å². The monoisotopic (exact) mass is 462 g/mol. The van der Waals surface area contributed by atoms with Gasteiger partial charge in [-0.2, -0.15) is 4.98 Å². The van der Waals surface area contributed by atoms with Gasteiger partial charge in [0, 0.05) is 12.5 Å². The van der Waals surface area contributed by atoms with Crippen molar-refractivity contribution >= 4 is 23.4 Å². The molecule has 2 aliphatic rings. The van der Waals surface area contributed by atoms with Crippen molar-refractivity contribution in [2.45, 2.75) is 69.3 Å². The second-order valence-corrected chi connectivity index (χ2v) is 9.50. The average molecular weight is 463 g/mol. The van der Waals surface area contributed by atoms with Crippen molar-refractivity contribution in [2.24, 2.45) is 5.92 Å². The van der Waals surface area contributed by atoms with Crippen LogP contribution in [0.4, 0.5) is 11.8 Å². The first-order chi connectivity index (χ1) is 15.3. The van der Waals surface area contributed by atoms with Crippen LogP contribution < -0.4 is 15.8 Å². The van der Waals surface area contributed by atoms with E-state index >= 15 is 0 Å². The van der Waals surface area contributed by atoms with Crippen LogP contribution in [0.15, 0.2) is 24.3 Å². The molecule has 1 aromatic heterocycles. The molecule has 0 saturated heterocycles. The Morgan fingerprint density at radius 2 is 1.81 bits per heavy atom. The molecular formula is C23H31ClN4O4. The molecule has 32 heavy (non-hydrogen) atoms. The van der Waals surface area contributed by atoms with Crippen LogP contribution in [-0.2, 0) is 0 Å². The van der Waals surface area contributed by atoms with Gasteiger partial charge in [0.2, 0.25) is 5.95 Å². The van der Waals surface area contributed by atoms with E-state index in [1.807, 2.05) is 24.3 Å². The summed E-state index contributed by atoms with van der Waals surface area (Å²) in [5.74, 6) is 0.738. The first kappa shape index (κ1) is 23.0. The van der Waals surface area contributed by atoms with Gasteiger partial charge < -0.3 is 31.1 Å². The third-order valence-electron chi connectivity index (χ3n) is 6.66. The maximum absolute atomic E-state index is 10.4. The standard InChI is InChI=1S/C23H31ClN4O4/c1-23(9-3-2-4-10-23)32-15-7-5-13(6-8-15)17-20(24)27-22(25)28-21(17)26-16-11-14(12-29)18(30)19(16)31/h5-8,14,16,18-19,29-31H,2-4,9-12H2,1H3,(H3,25,26,27,28)/t14-,16-,18-,19+/m1/s1. The fraction of sp³-hybridized carbons (Fsp3) is 0.565. The zero-order valence-electron chi connectivity index (χ0n) is 18.2. The molecule has 6 N–H and O–H groups in total. The molecule has 1 aromatic carbocycles. The summed E-state index contributed by atoms with van der Waals surface area (Å²) in [6.07, 6.45) is 4.02. The molecule has 2 aliphatic carbocycles. The predicted octanol–water partition coefficient (Wildman–Crippen LogP) is 3.00. The Hall–Kier alpha value is -2.13. The van der Waals surface area contributed by atoms with E-state index in [9.17, 15) is 15.3 Å². The summed E-state index contributed by atoms with van der Waals surface area (Å²) in [6, 6.07) is 7.08. The molecular weight excluding hydrogens is 432 g/mol. The normalized spacial score (nSPS) is 27.3. The third-order valence-corrected chi connectivity index (χ3v) is 6.93. The summed E-state index contributed by atoms with van der Waals surface area (Å²) in [6.45, 7) is 1.95. The summed E-state index contributed by atoms with van der Waals surface area (Å²) in [5.41, 5.74) is 6.99. The zero-order valence-corrected chi connectivity index (χ0v) is 18.9. The number of aliphatic hydroxyl groups is 3. The second-order valence-electron chi connectivity index (χ2n) is 9.14. The van der Waals surface area contributed by atoms with E-state index in [4.69, 9.17) is 22.1 Å². The molecule has 2 aromatic rings. The quantitative estimate of drug-likeness (QED) is 0.413. The van der Waals surface area contributed by atoms with Gasteiger partial charge in [-0.25, -0.2) is 4.98 Å². The Morgan fingerprint density at radius 3 is 2.44 bits per heavy atom. The average Bonchev–Trinajstić information content (AvgIpc) is 3.02. The molecule has 0 amide bonds. The largest absolute Gasteiger partial charge is 0.488 e. The summed E-state index contributed by atoms with van der Waals surface area (Å²) in [7, 11) is 0. The zero-order chi connectivity index (χ0) is 22.9. The van der Waals surface area contributed by atoms with Crippen LogP contribution in [0.5, 0.6) is 5.75 Å². The summed E-state index contributed by atoms with van der Waals surface area (Å²) >= 11 is 6.44. The highest BCUT2D eigenvalue weighted by Gasteiger charge is 2.41. The maximum atomic E-state index is 10.4. The molecule has 0 spiro atoms. The molecule has 174 valence electrons. The minimum Gasteiger partial charge on any atom is -0.488 e. The molecule has 4 rings (SSSR count). The molecule has 0 radical (unpaired) electrons. The van der Waals surface area contributed by atoms with E-state index in [1.54, 1.807) is 0 Å². The van der Waals surface area contributed by atoms with E-state index in [2.05, 4.69) is 22.2 Å². The number of aromatic nitrogens is 2. The van der Waals surface area contributed by atoms with Crippen molar-refractivity contribution in [1.82, 2.24) is 9.97 Å². The lowest BCUT2D eigenvalue weighted by Crippen LogP contribution is -2.35. The Balaban J connectivity index is 1.58. The van der Waals surface area contributed by atoms with Gasteiger partial charge in [-0.15, -0.1) is 0 Å². The van der Waals surface area contributed by atoms with Crippen molar-refractivity contribution in [3.63, 3.8) is 0 Å². The summed E-state index contributed by atoms with van der Waals surface area (Å²) < 4.78 is 6.29. The van der Waals surface area contributed by atoms with Crippen molar-refractivity contribution in [3.05, 3.63) is 29.4 Å². The van der Waals surface area contributed by atoms with Crippen molar-refractivity contribution in [1.29, 1.82) is 0 Å². The van der Waals surface area contributed by atoms with Gasteiger partial charge in [0.1, 0.15) is 28.4 Å². The molecule has 8 nitrogen and oxygen atoms in total. The van der Waals surface area contributed by atoms with Crippen molar-refractivity contribution in [2.75, 3.05) is 17.7 Å². The Kier molecular flexibility index (Phi) is 6.76. The van der Waals surface area contributed by atoms with Gasteiger partial charge in [0.25, 0.3) is 0 Å². The van der Waals surface area contributed by atoms with E-state index < -0.39 is 24.2 Å². The van der Waals surface area contributed by atoms with E-state index in [1.165, 1.54) is 19.3 Å². The van der Waals surface area contributed by atoms with E-state index in [0.29, 0.717) is 17.8 Å². The number of anilines is 2. The van der Waals surface area contributed by atoms with Crippen LogP contribution in [-0.4, -0.2) is 55.7 Å². The van der Waals surface area contributed by atoms with E-state index in [-0.39, 0.29) is 23.3 Å². The van der Waals surface area contributed by atoms with Gasteiger partial charge in [0.05, 0.1) is 17.7 Å². The molecule has 0 bridgehead atoms. The van der Waals surface area contributed by atoms with Gasteiger partial charge in [-0.3, -0.25) is 0 Å². The molecule has 9 heteroatoms. The van der Waals surface area contributed by atoms with Gasteiger partial charge in [0.15, 0.2) is 0 Å². The number of nitrogens with one attached hydrogen (secondary N) is 1. The minimum atomic E-state index is -1.05. The first-order valence-corrected chi connectivity index (χ1v) is 11.5. The molecule has 1 heterocycles. The lowest BCUT2D eigenvalue weighted by atomic mass is 9.86. The summed E-state index contributed by atoms with van der Waals surface area (Å²) in [5, 5.41) is 33.3. The Labute approximate surface area is 192 Å². The van der Waals surface area contributed by atoms with Crippen LogP contribution in [0.1, 0.15) is 45.4 Å². The number of nitrogens with two attached hydrogens (primary N) is 1. The summed E-state index contributed by atoms with van der Waals surface area (Å²) in [4.78, 5) is 8.38. The number of benzene rings is 1. The highest BCUT2D eigenvalue weighted by atomic mass is 35.5. The van der Waals surface area contributed by atoms with Crippen LogP contribution in [0.3, 0.4) is 0 Å². The Bertz CT molecular complexity index is 936. The van der Waals surface area contributed by atoms with Gasteiger partial charge in [-0.1, -0.05) is 30.2 Å². The third kappa shape index (κ3) is 4.78. The lowest BCUT2D eigenvalue weighted by Gasteiger charge is -2.34. The highest BCUT2D eigenvalue weighted by molar-refractivity contribution is 6.32. The first-order valence-electron chi connectivity index (χ1n) is 11.2. The number of hydrogen-bond acceptors (Lipinski definition) is 8. The fourth-order valence-corrected chi connectivity index (χ4v) is 5.10. The van der Waals surface area contributed by atoms with E-state index in [0.717, 1.165) is 24.2 Å². The SMILES string of the molecule is CC1(Oc2ccc(-c3c(Cl)nc(N)nc3N[C@@H]3C[C@H](CO)[C@@H](O)[C@H]3O)cc2)CCCCC1. The van der Waals surface area contributed by atoms with Gasteiger partial charge in [-0.05, 0) is 56.7 Å². The molecule has 4 atom stereocenters. The minimum absolute atomic E-state index is 0.00169. The predicted molar refractivity (Wildman–Crippen MR) is 124 cm³/mol. The number of rotatable bonds is 6. The number of halogens is 1. The van der Waals surface area contributed by atoms with Crippen molar-refractivity contribution < 1.29 is 20.1 Å². The number of ether oxygens (including phenoxy) is 1. The van der Waals surface area contributed by atoms with Crippen LogP contribution >= 0.6 is 11.6 Å². The number of nitrogens with zero attached hydrogens (tertiary/aromatic N) is 2. The fourth-order valence-electron chi connectivity index (χ4n) is 4.81. The maximum Gasteiger partial charge on any atom is 0.223 e. The number of aliphatic hydroxyl groups excluding tert-OH is 3. The number of nitrogen functional groups attached to an aromatic ring is 1. The van der Waals surface area contributed by atoms with Gasteiger partial charge >= 0.3 is 0 Å².